The van der Waals surface area contributed by atoms with Gasteiger partial charge in [-0.3, -0.25) is 9.89 Å². The minimum absolute atomic E-state index is 0.513. The SMILES string of the molecule is CCNC(=NCCCOCc1ccco1)NCCN1CCN(c2ncccn2)CC1. The third-order valence-corrected chi connectivity index (χ3v) is 4.81. The summed E-state index contributed by atoms with van der Waals surface area (Å²) in [4.78, 5) is 18.0. The minimum atomic E-state index is 0.513. The van der Waals surface area contributed by atoms with Crippen LogP contribution in [0.25, 0.3) is 0 Å². The van der Waals surface area contributed by atoms with E-state index in [1.807, 2.05) is 18.2 Å². The predicted molar refractivity (Wildman–Crippen MR) is 118 cm³/mol. The summed E-state index contributed by atoms with van der Waals surface area (Å²) in [5.74, 6) is 2.54. The number of nitrogens with one attached hydrogen (secondary N) is 2. The van der Waals surface area contributed by atoms with Crippen molar-refractivity contribution >= 4 is 11.9 Å². The Balaban J connectivity index is 1.28. The zero-order chi connectivity index (χ0) is 20.9. The van der Waals surface area contributed by atoms with Gasteiger partial charge in [0.2, 0.25) is 5.95 Å². The highest BCUT2D eigenvalue weighted by molar-refractivity contribution is 5.79. The standard InChI is InChI=1S/C21H33N7O2/c1-2-22-20(23-9-5-16-29-18-19-6-3-17-30-19)24-10-11-27-12-14-28(15-13-27)21-25-7-4-8-26-21/h3-4,6-8,17H,2,5,9-16,18H2,1H3,(H2,22,23,24). The van der Waals surface area contributed by atoms with Gasteiger partial charge in [0.25, 0.3) is 0 Å². The molecule has 0 atom stereocenters. The summed E-state index contributed by atoms with van der Waals surface area (Å²) in [7, 11) is 0. The lowest BCUT2D eigenvalue weighted by Gasteiger charge is -2.34. The highest BCUT2D eigenvalue weighted by atomic mass is 16.5. The summed E-state index contributed by atoms with van der Waals surface area (Å²) in [5.41, 5.74) is 0. The second-order valence-electron chi connectivity index (χ2n) is 7.05. The summed E-state index contributed by atoms with van der Waals surface area (Å²) >= 11 is 0. The molecule has 2 aromatic rings. The minimum Gasteiger partial charge on any atom is -0.467 e. The zero-order valence-corrected chi connectivity index (χ0v) is 17.8. The van der Waals surface area contributed by atoms with E-state index in [9.17, 15) is 0 Å². The molecule has 9 nitrogen and oxygen atoms in total. The monoisotopic (exact) mass is 415 g/mol. The molecule has 0 saturated carbocycles. The van der Waals surface area contributed by atoms with Crippen LogP contribution in [0.3, 0.4) is 0 Å². The van der Waals surface area contributed by atoms with Crippen LogP contribution in [0.2, 0.25) is 0 Å². The van der Waals surface area contributed by atoms with Crippen molar-refractivity contribution in [2.24, 2.45) is 4.99 Å². The van der Waals surface area contributed by atoms with Gasteiger partial charge in [-0.15, -0.1) is 0 Å². The van der Waals surface area contributed by atoms with Crippen LogP contribution in [0.1, 0.15) is 19.1 Å². The van der Waals surface area contributed by atoms with Gasteiger partial charge in [-0.05, 0) is 31.5 Å². The average molecular weight is 416 g/mol. The van der Waals surface area contributed by atoms with E-state index >= 15 is 0 Å². The molecule has 0 aromatic carbocycles. The average Bonchev–Trinajstić information content (AvgIpc) is 3.31. The topological polar surface area (TPSA) is 91.1 Å². The first-order valence-corrected chi connectivity index (χ1v) is 10.7. The van der Waals surface area contributed by atoms with Gasteiger partial charge in [0, 0.05) is 71.4 Å². The fourth-order valence-electron chi connectivity index (χ4n) is 3.23. The van der Waals surface area contributed by atoms with E-state index in [1.54, 1.807) is 18.7 Å². The van der Waals surface area contributed by atoms with Gasteiger partial charge in [-0.1, -0.05) is 0 Å². The van der Waals surface area contributed by atoms with Crippen molar-refractivity contribution in [2.75, 3.05) is 63.9 Å². The van der Waals surface area contributed by atoms with Gasteiger partial charge >= 0.3 is 0 Å². The van der Waals surface area contributed by atoms with Gasteiger partial charge < -0.3 is 24.7 Å². The Kier molecular flexibility index (Phi) is 9.42. The van der Waals surface area contributed by atoms with Gasteiger partial charge in [0.15, 0.2) is 5.96 Å². The van der Waals surface area contributed by atoms with Crippen LogP contribution in [0.15, 0.2) is 46.3 Å². The van der Waals surface area contributed by atoms with Crippen molar-refractivity contribution in [2.45, 2.75) is 20.0 Å². The Morgan fingerprint density at radius 3 is 2.73 bits per heavy atom. The van der Waals surface area contributed by atoms with Crippen LogP contribution in [0.5, 0.6) is 0 Å². The van der Waals surface area contributed by atoms with Crippen LogP contribution in [0, 0.1) is 0 Å². The molecule has 0 radical (unpaired) electrons. The summed E-state index contributed by atoms with van der Waals surface area (Å²) in [5, 5.41) is 6.73. The summed E-state index contributed by atoms with van der Waals surface area (Å²) < 4.78 is 10.8. The van der Waals surface area contributed by atoms with Crippen LogP contribution >= 0.6 is 0 Å². The number of ether oxygens (including phenoxy) is 1. The van der Waals surface area contributed by atoms with Crippen LogP contribution in [0.4, 0.5) is 5.95 Å². The number of furan rings is 1. The highest BCUT2D eigenvalue weighted by Gasteiger charge is 2.18. The molecule has 1 saturated heterocycles. The number of rotatable bonds is 11. The molecule has 164 valence electrons. The molecule has 1 aliphatic rings. The number of aliphatic imine (C=N–C) groups is 1. The van der Waals surface area contributed by atoms with Gasteiger partial charge in [-0.2, -0.15) is 0 Å². The number of nitrogens with zero attached hydrogens (tertiary/aromatic N) is 5. The fraction of sp³-hybridized carbons (Fsp3) is 0.571. The third kappa shape index (κ3) is 7.64. The summed E-state index contributed by atoms with van der Waals surface area (Å²) in [6.45, 7) is 10.6. The Bertz CT molecular complexity index is 716. The third-order valence-electron chi connectivity index (χ3n) is 4.81. The van der Waals surface area contributed by atoms with Crippen molar-refractivity contribution in [3.05, 3.63) is 42.6 Å². The van der Waals surface area contributed by atoms with E-state index < -0.39 is 0 Å². The molecule has 0 amide bonds. The molecule has 0 unspecified atom stereocenters. The largest absolute Gasteiger partial charge is 0.467 e. The Labute approximate surface area is 178 Å². The lowest BCUT2D eigenvalue weighted by atomic mass is 10.3. The van der Waals surface area contributed by atoms with E-state index in [1.165, 1.54) is 0 Å². The molecular formula is C21H33N7O2. The molecule has 2 aromatic heterocycles. The van der Waals surface area contributed by atoms with Crippen LogP contribution in [-0.4, -0.2) is 79.8 Å². The normalized spacial score (nSPS) is 15.4. The van der Waals surface area contributed by atoms with Crippen molar-refractivity contribution in [1.29, 1.82) is 0 Å². The van der Waals surface area contributed by atoms with E-state index in [0.29, 0.717) is 13.2 Å². The van der Waals surface area contributed by atoms with Crippen molar-refractivity contribution in [3.63, 3.8) is 0 Å². The molecule has 3 heterocycles. The second-order valence-corrected chi connectivity index (χ2v) is 7.05. The summed E-state index contributed by atoms with van der Waals surface area (Å²) in [6.07, 6.45) is 6.13. The molecule has 30 heavy (non-hydrogen) atoms. The second kappa shape index (κ2) is 12.8. The van der Waals surface area contributed by atoms with Crippen molar-refractivity contribution in [1.82, 2.24) is 25.5 Å². The molecular weight excluding hydrogens is 382 g/mol. The van der Waals surface area contributed by atoms with E-state index in [0.717, 1.165) is 76.4 Å². The van der Waals surface area contributed by atoms with E-state index in [2.05, 4.69) is 42.3 Å². The smallest absolute Gasteiger partial charge is 0.225 e. The molecule has 1 fully saturated rings. The van der Waals surface area contributed by atoms with E-state index in [4.69, 9.17) is 9.15 Å². The maximum absolute atomic E-state index is 5.60. The highest BCUT2D eigenvalue weighted by Crippen LogP contribution is 2.09. The van der Waals surface area contributed by atoms with Gasteiger partial charge in [0.1, 0.15) is 12.4 Å². The molecule has 0 bridgehead atoms. The maximum Gasteiger partial charge on any atom is 0.225 e. The first kappa shape index (κ1) is 22.0. The number of hydrogen-bond acceptors (Lipinski definition) is 7. The number of anilines is 1. The number of guanidine groups is 1. The summed E-state index contributed by atoms with van der Waals surface area (Å²) in [6, 6.07) is 5.64. The van der Waals surface area contributed by atoms with Gasteiger partial charge in [0.05, 0.1) is 6.26 Å². The number of hydrogen-bond donors (Lipinski definition) is 2. The molecule has 3 rings (SSSR count). The first-order valence-electron chi connectivity index (χ1n) is 10.7. The van der Waals surface area contributed by atoms with Crippen LogP contribution in [-0.2, 0) is 11.3 Å². The molecule has 9 heteroatoms. The fourth-order valence-corrected chi connectivity index (χ4v) is 3.23. The first-order chi connectivity index (χ1) is 14.8. The lowest BCUT2D eigenvalue weighted by molar-refractivity contribution is 0.105. The van der Waals surface area contributed by atoms with Crippen molar-refractivity contribution < 1.29 is 9.15 Å². The molecule has 0 aliphatic carbocycles. The molecule has 1 aliphatic heterocycles. The Morgan fingerprint density at radius 1 is 1.17 bits per heavy atom. The van der Waals surface area contributed by atoms with Gasteiger partial charge in [-0.25, -0.2) is 9.97 Å². The quantitative estimate of drug-likeness (QED) is 0.323. The van der Waals surface area contributed by atoms with E-state index in [-0.39, 0.29) is 0 Å². The Hall–Kier alpha value is -2.65. The number of aromatic nitrogens is 2. The molecule has 2 N–H and O–H groups in total. The zero-order valence-electron chi connectivity index (χ0n) is 17.8. The maximum atomic E-state index is 5.60. The van der Waals surface area contributed by atoms with Crippen molar-refractivity contribution in [3.8, 4) is 0 Å². The Morgan fingerprint density at radius 2 is 2.00 bits per heavy atom. The van der Waals surface area contributed by atoms with Crippen LogP contribution < -0.4 is 15.5 Å². The predicted octanol–water partition coefficient (Wildman–Crippen LogP) is 1.35. The lowest BCUT2D eigenvalue weighted by Crippen LogP contribution is -2.49. The molecule has 0 spiro atoms. The number of piperazine rings is 1.